The molecular weight excluding hydrogens is 420 g/mol. The van der Waals surface area contributed by atoms with Gasteiger partial charge in [-0.2, -0.15) is 0 Å². The predicted octanol–water partition coefficient (Wildman–Crippen LogP) is 3.48. The Morgan fingerprint density at radius 2 is 1.64 bits per heavy atom. The van der Waals surface area contributed by atoms with Crippen molar-refractivity contribution < 1.29 is 24.2 Å². The number of carboxylic acid groups (broad SMARTS) is 1. The van der Waals surface area contributed by atoms with Gasteiger partial charge in [-0.3, -0.25) is 9.59 Å². The van der Waals surface area contributed by atoms with Crippen molar-refractivity contribution in [3.8, 4) is 11.1 Å². The highest BCUT2D eigenvalue weighted by molar-refractivity contribution is 5.83. The third-order valence-corrected chi connectivity index (χ3v) is 7.57. The van der Waals surface area contributed by atoms with Gasteiger partial charge in [0, 0.05) is 24.9 Å². The molecular formula is C26H28N2O5. The normalized spacial score (nSPS) is 24.8. The molecule has 7 nitrogen and oxygen atoms in total. The minimum absolute atomic E-state index is 0.00762. The van der Waals surface area contributed by atoms with Gasteiger partial charge >= 0.3 is 12.1 Å². The van der Waals surface area contributed by atoms with Crippen LogP contribution < -0.4 is 5.32 Å². The number of likely N-dealkylation sites (N-methyl/N-ethyl adjacent to an activating group) is 1. The quantitative estimate of drug-likeness (QED) is 0.705. The van der Waals surface area contributed by atoms with Crippen molar-refractivity contribution in [2.24, 2.45) is 17.8 Å². The van der Waals surface area contributed by atoms with Gasteiger partial charge in [0.15, 0.2) is 0 Å². The van der Waals surface area contributed by atoms with Crippen LogP contribution in [0, 0.1) is 17.8 Å². The Labute approximate surface area is 192 Å². The number of nitrogens with zero attached hydrogens (tertiary/aromatic N) is 1. The number of fused-ring (bicyclic) bond motifs is 4. The zero-order valence-electron chi connectivity index (χ0n) is 18.6. The van der Waals surface area contributed by atoms with Crippen molar-refractivity contribution in [1.82, 2.24) is 10.2 Å². The molecule has 172 valence electrons. The maximum Gasteiger partial charge on any atom is 0.407 e. The first-order valence-electron chi connectivity index (χ1n) is 11.5. The van der Waals surface area contributed by atoms with Gasteiger partial charge in [-0.05, 0) is 53.4 Å². The number of ether oxygens (including phenoxy) is 1. The van der Waals surface area contributed by atoms with E-state index in [1.807, 2.05) is 24.3 Å². The molecule has 3 aliphatic rings. The molecule has 2 amide bonds. The van der Waals surface area contributed by atoms with Gasteiger partial charge in [0.2, 0.25) is 5.91 Å². The number of alkyl carbamates (subject to hydrolysis) is 1. The summed E-state index contributed by atoms with van der Waals surface area (Å²) in [5, 5.41) is 11.9. The number of carbonyl (C=O) groups is 3. The zero-order valence-corrected chi connectivity index (χ0v) is 18.6. The topological polar surface area (TPSA) is 95.9 Å². The van der Waals surface area contributed by atoms with Gasteiger partial charge < -0.3 is 20.1 Å². The van der Waals surface area contributed by atoms with Crippen molar-refractivity contribution in [2.75, 3.05) is 20.2 Å². The fourth-order valence-corrected chi connectivity index (χ4v) is 5.98. The molecule has 0 saturated heterocycles. The van der Waals surface area contributed by atoms with Crippen LogP contribution in [-0.2, 0) is 14.3 Å². The summed E-state index contributed by atoms with van der Waals surface area (Å²) >= 11 is 0. The molecule has 0 spiro atoms. The fourth-order valence-electron chi connectivity index (χ4n) is 5.98. The first-order chi connectivity index (χ1) is 15.9. The predicted molar refractivity (Wildman–Crippen MR) is 122 cm³/mol. The van der Waals surface area contributed by atoms with E-state index in [9.17, 15) is 14.4 Å². The summed E-state index contributed by atoms with van der Waals surface area (Å²) in [6.07, 6.45) is 1.86. The Morgan fingerprint density at radius 1 is 1.00 bits per heavy atom. The molecule has 2 fully saturated rings. The van der Waals surface area contributed by atoms with E-state index in [2.05, 4.69) is 29.6 Å². The van der Waals surface area contributed by atoms with Crippen LogP contribution >= 0.6 is 0 Å². The molecule has 5 rings (SSSR count). The van der Waals surface area contributed by atoms with Crippen molar-refractivity contribution in [3.63, 3.8) is 0 Å². The van der Waals surface area contributed by atoms with Gasteiger partial charge in [0.05, 0.1) is 0 Å². The highest BCUT2D eigenvalue weighted by Gasteiger charge is 2.50. The largest absolute Gasteiger partial charge is 0.480 e. The van der Waals surface area contributed by atoms with Crippen LogP contribution in [0.5, 0.6) is 0 Å². The van der Waals surface area contributed by atoms with Crippen molar-refractivity contribution in [2.45, 2.75) is 31.2 Å². The van der Waals surface area contributed by atoms with E-state index in [0.717, 1.165) is 12.8 Å². The van der Waals surface area contributed by atoms with Crippen molar-refractivity contribution in [1.29, 1.82) is 0 Å². The van der Waals surface area contributed by atoms with Crippen LogP contribution in [-0.4, -0.2) is 54.2 Å². The lowest BCUT2D eigenvalue weighted by Crippen LogP contribution is -2.50. The number of carbonyl (C=O) groups excluding carboxylic acids is 2. The third kappa shape index (κ3) is 3.96. The molecule has 7 heteroatoms. The summed E-state index contributed by atoms with van der Waals surface area (Å²) in [5.74, 6) is -0.628. The van der Waals surface area contributed by atoms with E-state index in [-0.39, 0.29) is 42.9 Å². The minimum Gasteiger partial charge on any atom is -0.480 e. The second kappa shape index (κ2) is 8.54. The van der Waals surface area contributed by atoms with E-state index in [1.165, 1.54) is 34.2 Å². The lowest BCUT2D eigenvalue weighted by Gasteiger charge is -2.40. The highest BCUT2D eigenvalue weighted by atomic mass is 16.5. The average Bonchev–Trinajstić information content (AvgIpc) is 3.30. The number of benzene rings is 2. The summed E-state index contributed by atoms with van der Waals surface area (Å²) in [7, 11) is 1.53. The Morgan fingerprint density at radius 3 is 2.27 bits per heavy atom. The average molecular weight is 449 g/mol. The van der Waals surface area contributed by atoms with Gasteiger partial charge in [-0.25, -0.2) is 4.79 Å². The summed E-state index contributed by atoms with van der Waals surface area (Å²) in [6, 6.07) is 16.5. The Hall–Kier alpha value is -3.35. The number of carboxylic acids is 1. The number of hydrogen-bond acceptors (Lipinski definition) is 4. The van der Waals surface area contributed by atoms with Crippen LogP contribution in [0.2, 0.25) is 0 Å². The van der Waals surface area contributed by atoms with E-state index >= 15 is 0 Å². The first-order valence-corrected chi connectivity index (χ1v) is 11.5. The van der Waals surface area contributed by atoms with E-state index < -0.39 is 12.1 Å². The number of nitrogens with one attached hydrogen (secondary N) is 1. The first kappa shape index (κ1) is 21.5. The van der Waals surface area contributed by atoms with Crippen LogP contribution in [0.15, 0.2) is 48.5 Å². The summed E-state index contributed by atoms with van der Waals surface area (Å²) in [4.78, 5) is 37.3. The third-order valence-electron chi connectivity index (χ3n) is 7.57. The second-order valence-corrected chi connectivity index (χ2v) is 9.49. The van der Waals surface area contributed by atoms with Crippen molar-refractivity contribution in [3.05, 3.63) is 59.7 Å². The van der Waals surface area contributed by atoms with Gasteiger partial charge in [0.1, 0.15) is 13.2 Å². The molecule has 2 aromatic carbocycles. The number of amides is 2. The second-order valence-electron chi connectivity index (χ2n) is 9.49. The smallest absolute Gasteiger partial charge is 0.407 e. The molecule has 0 aliphatic heterocycles. The molecule has 4 atom stereocenters. The van der Waals surface area contributed by atoms with Crippen LogP contribution in [0.25, 0.3) is 11.1 Å². The van der Waals surface area contributed by atoms with Gasteiger partial charge in [0.25, 0.3) is 0 Å². The molecule has 33 heavy (non-hydrogen) atoms. The molecule has 0 heterocycles. The maximum atomic E-state index is 12.6. The lowest BCUT2D eigenvalue weighted by atomic mass is 9.71. The highest BCUT2D eigenvalue weighted by Crippen LogP contribution is 2.50. The molecule has 3 aliphatic carbocycles. The Kier molecular flexibility index (Phi) is 5.56. The van der Waals surface area contributed by atoms with Crippen LogP contribution in [0.4, 0.5) is 4.79 Å². The number of rotatable bonds is 6. The SMILES string of the molecule is CN(CC(=O)O)C(=O)C1C[C@H]2C[C@@H](NC(=O)OCC3c4ccccc4-c4ccccc43)[C@H]2C1. The molecule has 0 radical (unpaired) electrons. The number of aliphatic carboxylic acids is 1. The molecule has 2 aromatic rings. The summed E-state index contributed by atoms with van der Waals surface area (Å²) < 4.78 is 5.66. The van der Waals surface area contributed by atoms with E-state index in [0.29, 0.717) is 12.3 Å². The monoisotopic (exact) mass is 448 g/mol. The molecule has 2 N–H and O–H groups in total. The Bertz CT molecular complexity index is 1050. The summed E-state index contributed by atoms with van der Waals surface area (Å²) in [6.45, 7) is -0.00609. The van der Waals surface area contributed by atoms with Gasteiger partial charge in [-0.15, -0.1) is 0 Å². The maximum absolute atomic E-state index is 12.6. The molecule has 1 unspecified atom stereocenters. The van der Waals surface area contributed by atoms with Gasteiger partial charge in [-0.1, -0.05) is 48.5 Å². The molecule has 0 bridgehead atoms. The lowest BCUT2D eigenvalue weighted by molar-refractivity contribution is -0.145. The molecule has 2 saturated carbocycles. The Balaban J connectivity index is 1.15. The minimum atomic E-state index is -1.01. The number of hydrogen-bond donors (Lipinski definition) is 2. The van der Waals surface area contributed by atoms with E-state index in [1.54, 1.807) is 0 Å². The van der Waals surface area contributed by atoms with Crippen molar-refractivity contribution >= 4 is 18.0 Å². The van der Waals surface area contributed by atoms with Crippen LogP contribution in [0.3, 0.4) is 0 Å². The standard InChI is InChI=1S/C26H28N2O5/c1-28(13-24(29)30)25(31)16-10-15-12-23(21(15)11-16)27-26(32)33-14-22-19-8-4-2-6-17(19)18-7-3-5-9-20(18)22/h2-9,15-16,21-23H,10-14H2,1H3,(H,27,32)(H,29,30)/t15-,16?,21-,23+/m0/s1. The fraction of sp³-hybridized carbons (Fsp3) is 0.423. The van der Waals surface area contributed by atoms with Crippen LogP contribution in [0.1, 0.15) is 36.3 Å². The molecule has 0 aromatic heterocycles. The van der Waals surface area contributed by atoms with E-state index in [4.69, 9.17) is 9.84 Å². The summed E-state index contributed by atoms with van der Waals surface area (Å²) in [5.41, 5.74) is 4.74. The zero-order chi connectivity index (χ0) is 23.1.